The zero-order chi connectivity index (χ0) is 28.4. The molecular weight excluding hydrogens is 588 g/mol. The first-order valence-electron chi connectivity index (χ1n) is 13.7. The van der Waals surface area contributed by atoms with E-state index >= 15 is 0 Å². The van der Waals surface area contributed by atoms with Crippen molar-refractivity contribution in [1.29, 1.82) is 0 Å². The number of carbonyl (C=O) groups excluding carboxylic acids is 2. The lowest BCUT2D eigenvalue weighted by atomic mass is 9.93. The van der Waals surface area contributed by atoms with Gasteiger partial charge in [-0.1, -0.05) is 78.8 Å². The number of rotatable bonds is 7. The van der Waals surface area contributed by atoms with Gasteiger partial charge in [0.2, 0.25) is 17.0 Å². The number of thioether (sulfide) groups is 1. The van der Waals surface area contributed by atoms with Crippen LogP contribution in [0.25, 0.3) is 22.1 Å². The number of hydrogen-bond donors (Lipinski definition) is 0. The maximum atomic E-state index is 12.9. The van der Waals surface area contributed by atoms with Crippen LogP contribution in [0.1, 0.15) is 46.1 Å². The number of fused-ring (bicyclic) bond motifs is 3. The first-order valence-corrected chi connectivity index (χ1v) is 15.5. The Balaban J connectivity index is 1.21. The summed E-state index contributed by atoms with van der Waals surface area (Å²) in [5.41, 5.74) is 3.45. The number of halogens is 1. The number of carbonyl (C=O) groups is 2. The largest absolute Gasteiger partial charge is 0.339 e. The highest BCUT2D eigenvalue weighted by Crippen LogP contribution is 2.29. The van der Waals surface area contributed by atoms with Crippen LogP contribution in [0.2, 0.25) is 0 Å². The molecule has 4 aromatic rings. The van der Waals surface area contributed by atoms with Crippen molar-refractivity contribution in [2.45, 2.75) is 58.3 Å². The van der Waals surface area contributed by atoms with Crippen LogP contribution in [-0.4, -0.2) is 72.8 Å². The van der Waals surface area contributed by atoms with Gasteiger partial charge in [-0.05, 0) is 37.1 Å². The predicted molar refractivity (Wildman–Crippen MR) is 163 cm³/mol. The average Bonchev–Trinajstić information content (AvgIpc) is 3.24. The Kier molecular flexibility index (Phi) is 8.47. The minimum absolute atomic E-state index is 0.0224. The Bertz CT molecular complexity index is 1530. The summed E-state index contributed by atoms with van der Waals surface area (Å²) in [7, 11) is 0. The Morgan fingerprint density at radius 1 is 1.05 bits per heavy atom. The summed E-state index contributed by atoms with van der Waals surface area (Å²) in [5.74, 6) is 1.01. The minimum Gasteiger partial charge on any atom is -0.339 e. The summed E-state index contributed by atoms with van der Waals surface area (Å²) >= 11 is 5.04. The molecule has 0 saturated carbocycles. The van der Waals surface area contributed by atoms with Crippen LogP contribution in [0.3, 0.4) is 0 Å². The highest BCUT2D eigenvalue weighted by molar-refractivity contribution is 9.10. The van der Waals surface area contributed by atoms with Gasteiger partial charge in [0, 0.05) is 59.7 Å². The monoisotopic (exact) mass is 622 g/mol. The Labute approximate surface area is 247 Å². The molecule has 1 saturated heterocycles. The van der Waals surface area contributed by atoms with E-state index in [0.717, 1.165) is 38.7 Å². The third-order valence-electron chi connectivity index (χ3n) is 7.26. The van der Waals surface area contributed by atoms with Crippen LogP contribution in [0.5, 0.6) is 0 Å². The van der Waals surface area contributed by atoms with Crippen LogP contribution in [0, 0.1) is 5.41 Å². The highest BCUT2D eigenvalue weighted by Gasteiger charge is 2.34. The normalized spacial score (nSPS) is 16.2. The van der Waals surface area contributed by atoms with E-state index in [4.69, 9.17) is 4.98 Å². The third kappa shape index (κ3) is 6.17. The number of para-hydroxylation sites is 1. The first kappa shape index (κ1) is 28.5. The number of amides is 2. The molecule has 8 nitrogen and oxygen atoms in total. The zero-order valence-corrected chi connectivity index (χ0v) is 25.8. The molecule has 1 aliphatic heterocycles. The Morgan fingerprint density at radius 2 is 1.80 bits per heavy atom. The lowest BCUT2D eigenvalue weighted by molar-refractivity contribution is -0.148. The van der Waals surface area contributed by atoms with Crippen molar-refractivity contribution in [2.75, 3.05) is 25.4 Å². The zero-order valence-electron chi connectivity index (χ0n) is 23.4. The molecule has 1 fully saturated rings. The molecule has 10 heteroatoms. The molecule has 5 rings (SSSR count). The van der Waals surface area contributed by atoms with E-state index < -0.39 is 5.41 Å². The molecular formula is C30H35BrN6O2S. The summed E-state index contributed by atoms with van der Waals surface area (Å²) < 4.78 is 3.24. The predicted octanol–water partition coefficient (Wildman–Crippen LogP) is 5.77. The Hall–Kier alpha value is -2.98. The first-order chi connectivity index (χ1) is 19.1. The van der Waals surface area contributed by atoms with Crippen molar-refractivity contribution in [3.63, 3.8) is 0 Å². The van der Waals surface area contributed by atoms with Gasteiger partial charge in [0.05, 0.1) is 5.52 Å². The SMILES string of the molecule is CC1CN(C(=O)CCCSc2nnc3c4ccccc4n(Cc4ccc(Br)cc4)c3n2)CCN1C(=O)C(C)(C)C. The number of nitrogens with zero attached hydrogens (tertiary/aromatic N) is 6. The van der Waals surface area contributed by atoms with Crippen molar-refractivity contribution in [2.24, 2.45) is 5.41 Å². The van der Waals surface area contributed by atoms with Crippen molar-refractivity contribution in [1.82, 2.24) is 29.5 Å². The molecule has 210 valence electrons. The fourth-order valence-electron chi connectivity index (χ4n) is 5.14. The number of aromatic nitrogens is 4. The topological polar surface area (TPSA) is 84.2 Å². The molecule has 40 heavy (non-hydrogen) atoms. The smallest absolute Gasteiger partial charge is 0.228 e. The molecule has 1 atom stereocenters. The molecule has 0 N–H and O–H groups in total. The van der Waals surface area contributed by atoms with E-state index in [9.17, 15) is 9.59 Å². The highest BCUT2D eigenvalue weighted by atomic mass is 79.9. The lowest BCUT2D eigenvalue weighted by Crippen LogP contribution is -2.57. The second-order valence-electron chi connectivity index (χ2n) is 11.4. The van der Waals surface area contributed by atoms with Gasteiger partial charge >= 0.3 is 0 Å². The molecule has 0 aliphatic carbocycles. The summed E-state index contributed by atoms with van der Waals surface area (Å²) in [6.07, 6.45) is 1.19. The standard InChI is InChI=1S/C30H35BrN6O2S/c1-20-18-35(15-16-36(20)28(39)30(2,3)4)25(38)10-7-17-40-29-32-27-26(33-34-29)23-8-5-6-9-24(23)37(27)19-21-11-13-22(31)14-12-21/h5-6,8-9,11-14,20H,7,10,15-19H2,1-4H3. The molecule has 2 amide bonds. The Morgan fingerprint density at radius 3 is 2.52 bits per heavy atom. The molecule has 0 radical (unpaired) electrons. The maximum absolute atomic E-state index is 12.9. The van der Waals surface area contributed by atoms with Crippen LogP contribution in [0.15, 0.2) is 58.2 Å². The molecule has 0 bridgehead atoms. The van der Waals surface area contributed by atoms with E-state index in [1.165, 1.54) is 17.3 Å². The van der Waals surface area contributed by atoms with E-state index in [2.05, 4.69) is 55.0 Å². The van der Waals surface area contributed by atoms with Crippen molar-refractivity contribution in [3.05, 3.63) is 58.6 Å². The van der Waals surface area contributed by atoms with Crippen LogP contribution in [0.4, 0.5) is 0 Å². The molecule has 2 aromatic heterocycles. The van der Waals surface area contributed by atoms with Gasteiger partial charge in [0.15, 0.2) is 5.65 Å². The van der Waals surface area contributed by atoms with Gasteiger partial charge in [-0.2, -0.15) is 0 Å². The number of hydrogen-bond acceptors (Lipinski definition) is 6. The van der Waals surface area contributed by atoms with Gasteiger partial charge in [0.1, 0.15) is 5.52 Å². The number of piperazine rings is 1. The van der Waals surface area contributed by atoms with Crippen molar-refractivity contribution < 1.29 is 9.59 Å². The lowest BCUT2D eigenvalue weighted by Gasteiger charge is -2.42. The van der Waals surface area contributed by atoms with Gasteiger partial charge in [-0.15, -0.1) is 10.2 Å². The van der Waals surface area contributed by atoms with Crippen molar-refractivity contribution >= 4 is 61.6 Å². The van der Waals surface area contributed by atoms with Gasteiger partial charge in [-0.3, -0.25) is 9.59 Å². The van der Waals surface area contributed by atoms with Crippen LogP contribution in [-0.2, 0) is 16.1 Å². The summed E-state index contributed by atoms with van der Waals surface area (Å²) in [4.78, 5) is 34.3. The molecule has 3 heterocycles. The summed E-state index contributed by atoms with van der Waals surface area (Å²) in [6, 6.07) is 16.5. The van der Waals surface area contributed by atoms with Crippen LogP contribution >= 0.6 is 27.7 Å². The van der Waals surface area contributed by atoms with E-state index in [1.54, 1.807) is 0 Å². The fraction of sp³-hybridized carbons (Fsp3) is 0.433. The quantitative estimate of drug-likeness (QED) is 0.192. The van der Waals surface area contributed by atoms with E-state index in [1.807, 2.05) is 61.8 Å². The van der Waals surface area contributed by atoms with Crippen LogP contribution < -0.4 is 0 Å². The van der Waals surface area contributed by atoms with Crippen molar-refractivity contribution in [3.8, 4) is 0 Å². The molecule has 0 spiro atoms. The van der Waals surface area contributed by atoms with Gasteiger partial charge in [0.25, 0.3) is 0 Å². The molecule has 1 aliphatic rings. The third-order valence-corrected chi connectivity index (χ3v) is 8.71. The average molecular weight is 624 g/mol. The minimum atomic E-state index is -0.412. The molecule has 1 unspecified atom stereocenters. The second-order valence-corrected chi connectivity index (χ2v) is 13.4. The number of benzene rings is 2. The summed E-state index contributed by atoms with van der Waals surface area (Å²) in [6.45, 7) is 10.3. The summed E-state index contributed by atoms with van der Waals surface area (Å²) in [5, 5.41) is 10.6. The molecule has 2 aromatic carbocycles. The van der Waals surface area contributed by atoms with Gasteiger partial charge < -0.3 is 14.4 Å². The fourth-order valence-corrected chi connectivity index (χ4v) is 6.13. The van der Waals surface area contributed by atoms with E-state index in [-0.39, 0.29) is 17.9 Å². The van der Waals surface area contributed by atoms with E-state index in [0.29, 0.717) is 37.8 Å². The van der Waals surface area contributed by atoms with Gasteiger partial charge in [-0.25, -0.2) is 4.98 Å². The second kappa shape index (κ2) is 11.9. The maximum Gasteiger partial charge on any atom is 0.228 e.